The molecule has 0 saturated carbocycles. The highest BCUT2D eigenvalue weighted by Crippen LogP contribution is 2.27. The molecule has 1 aliphatic rings. The van der Waals surface area contributed by atoms with Gasteiger partial charge in [-0.3, -0.25) is 14.7 Å². The lowest BCUT2D eigenvalue weighted by molar-refractivity contribution is -0.120. The Balaban J connectivity index is 2.22. The molecular weight excluding hydrogens is 260 g/mol. The van der Waals surface area contributed by atoms with Crippen LogP contribution in [0.4, 0.5) is 0 Å². The summed E-state index contributed by atoms with van der Waals surface area (Å²) in [7, 11) is 0. The molecule has 1 saturated heterocycles. The number of hydrogen-bond acceptors (Lipinski definition) is 3. The second-order valence-electron chi connectivity index (χ2n) is 6.80. The second kappa shape index (κ2) is 6.27. The zero-order chi connectivity index (χ0) is 15.7. The molecule has 1 fully saturated rings. The standard InChI is InChI=1S/C18H28N2O/c1-11(2)18-13(4)12(3)17(14(5)19-18)10-20-8-7-16(9-20)15(6)21/h11,16H,7-10H2,1-6H3/t16-/m0/s1. The highest BCUT2D eigenvalue weighted by Gasteiger charge is 2.26. The maximum absolute atomic E-state index is 11.5. The van der Waals surface area contributed by atoms with E-state index < -0.39 is 0 Å². The number of hydrogen-bond donors (Lipinski definition) is 0. The van der Waals surface area contributed by atoms with Gasteiger partial charge in [-0.25, -0.2) is 0 Å². The van der Waals surface area contributed by atoms with Crippen molar-refractivity contribution in [2.75, 3.05) is 13.1 Å². The zero-order valence-electron chi connectivity index (χ0n) is 14.3. The molecule has 116 valence electrons. The number of likely N-dealkylation sites (tertiary alicyclic amines) is 1. The highest BCUT2D eigenvalue weighted by atomic mass is 16.1. The molecule has 0 spiro atoms. The van der Waals surface area contributed by atoms with E-state index in [1.165, 1.54) is 22.4 Å². The van der Waals surface area contributed by atoms with E-state index in [1.807, 2.05) is 0 Å². The van der Waals surface area contributed by atoms with Gasteiger partial charge in [0, 0.05) is 30.4 Å². The monoisotopic (exact) mass is 288 g/mol. The van der Waals surface area contributed by atoms with Crippen molar-refractivity contribution in [1.82, 2.24) is 9.88 Å². The Kier molecular flexibility index (Phi) is 4.82. The van der Waals surface area contributed by atoms with Crippen LogP contribution >= 0.6 is 0 Å². The van der Waals surface area contributed by atoms with Crippen molar-refractivity contribution in [2.24, 2.45) is 5.92 Å². The zero-order valence-corrected chi connectivity index (χ0v) is 14.3. The Morgan fingerprint density at radius 3 is 2.48 bits per heavy atom. The summed E-state index contributed by atoms with van der Waals surface area (Å²) in [6.07, 6.45) is 1.00. The predicted octanol–water partition coefficient (Wildman–Crippen LogP) is 3.54. The lowest BCUT2D eigenvalue weighted by atomic mass is 9.95. The molecule has 2 rings (SSSR count). The average molecular weight is 288 g/mol. The molecule has 0 aromatic carbocycles. The van der Waals surface area contributed by atoms with Gasteiger partial charge in [-0.05, 0) is 63.3 Å². The molecule has 1 aromatic rings. The summed E-state index contributed by atoms with van der Waals surface area (Å²) in [5.41, 5.74) is 6.41. The molecule has 1 aromatic heterocycles. The number of Topliss-reactive ketones (excluding diaryl/α,β-unsaturated/α-hetero) is 1. The summed E-state index contributed by atoms with van der Waals surface area (Å²) in [5.74, 6) is 1.02. The van der Waals surface area contributed by atoms with Gasteiger partial charge >= 0.3 is 0 Å². The van der Waals surface area contributed by atoms with Crippen LogP contribution in [0, 0.1) is 26.7 Å². The van der Waals surface area contributed by atoms with E-state index in [0.29, 0.717) is 11.7 Å². The second-order valence-corrected chi connectivity index (χ2v) is 6.80. The summed E-state index contributed by atoms with van der Waals surface area (Å²) < 4.78 is 0. The quantitative estimate of drug-likeness (QED) is 0.849. The van der Waals surface area contributed by atoms with Crippen LogP contribution in [0.25, 0.3) is 0 Å². The first-order chi connectivity index (χ1) is 9.81. The fraction of sp³-hybridized carbons (Fsp3) is 0.667. The van der Waals surface area contributed by atoms with Gasteiger partial charge in [-0.2, -0.15) is 0 Å². The first-order valence-electron chi connectivity index (χ1n) is 8.00. The normalized spacial score (nSPS) is 19.5. The van der Waals surface area contributed by atoms with E-state index in [-0.39, 0.29) is 5.92 Å². The van der Waals surface area contributed by atoms with Crippen LogP contribution in [-0.2, 0) is 11.3 Å². The first kappa shape index (κ1) is 16.2. The van der Waals surface area contributed by atoms with Crippen LogP contribution < -0.4 is 0 Å². The summed E-state index contributed by atoms with van der Waals surface area (Å²) in [6, 6.07) is 0. The SMILES string of the molecule is CC(=O)[C@H]1CCN(Cc2c(C)nc(C(C)C)c(C)c2C)C1. The largest absolute Gasteiger partial charge is 0.300 e. The number of ketones is 1. The highest BCUT2D eigenvalue weighted by molar-refractivity contribution is 5.78. The van der Waals surface area contributed by atoms with Crippen LogP contribution in [0.1, 0.15) is 61.2 Å². The number of nitrogens with zero attached hydrogens (tertiary/aromatic N) is 2. The van der Waals surface area contributed by atoms with E-state index in [9.17, 15) is 4.79 Å². The fourth-order valence-electron chi connectivity index (χ4n) is 3.35. The van der Waals surface area contributed by atoms with Crippen molar-refractivity contribution in [3.8, 4) is 0 Å². The molecule has 0 radical (unpaired) electrons. The van der Waals surface area contributed by atoms with Gasteiger partial charge in [0.2, 0.25) is 0 Å². The van der Waals surface area contributed by atoms with Crippen molar-refractivity contribution >= 4 is 5.78 Å². The number of aryl methyl sites for hydroxylation is 1. The maximum Gasteiger partial charge on any atom is 0.134 e. The molecule has 1 aliphatic heterocycles. The minimum atomic E-state index is 0.231. The minimum absolute atomic E-state index is 0.231. The number of carbonyl (C=O) groups excluding carboxylic acids is 1. The van der Waals surface area contributed by atoms with Gasteiger partial charge in [0.1, 0.15) is 5.78 Å². The Bertz CT molecular complexity index is 549. The summed E-state index contributed by atoms with van der Waals surface area (Å²) >= 11 is 0. The van der Waals surface area contributed by atoms with Crippen LogP contribution in [0.3, 0.4) is 0 Å². The predicted molar refractivity (Wildman–Crippen MR) is 86.6 cm³/mol. The summed E-state index contributed by atoms with van der Waals surface area (Å²) in [5, 5.41) is 0. The topological polar surface area (TPSA) is 33.2 Å². The Hall–Kier alpha value is -1.22. The van der Waals surface area contributed by atoms with Gasteiger partial charge < -0.3 is 0 Å². The summed E-state index contributed by atoms with van der Waals surface area (Å²) in [4.78, 5) is 18.7. The van der Waals surface area contributed by atoms with Crippen molar-refractivity contribution < 1.29 is 4.79 Å². The van der Waals surface area contributed by atoms with E-state index in [2.05, 4.69) is 39.5 Å². The molecule has 2 heterocycles. The molecule has 0 amide bonds. The Labute approximate surface area is 128 Å². The molecular formula is C18H28N2O. The number of rotatable bonds is 4. The maximum atomic E-state index is 11.5. The van der Waals surface area contributed by atoms with E-state index in [4.69, 9.17) is 4.98 Å². The minimum Gasteiger partial charge on any atom is -0.300 e. The van der Waals surface area contributed by atoms with E-state index in [1.54, 1.807) is 6.92 Å². The van der Waals surface area contributed by atoms with Crippen molar-refractivity contribution in [2.45, 2.75) is 60.4 Å². The Morgan fingerprint density at radius 2 is 1.95 bits per heavy atom. The van der Waals surface area contributed by atoms with E-state index >= 15 is 0 Å². The lowest BCUT2D eigenvalue weighted by Crippen LogP contribution is -2.23. The van der Waals surface area contributed by atoms with Crippen molar-refractivity contribution in [3.05, 3.63) is 28.1 Å². The molecule has 0 bridgehead atoms. The Morgan fingerprint density at radius 1 is 1.29 bits per heavy atom. The molecule has 0 N–H and O–H groups in total. The number of pyridine rings is 1. The molecule has 3 nitrogen and oxygen atoms in total. The third kappa shape index (κ3) is 3.34. The third-order valence-corrected chi connectivity index (χ3v) is 4.90. The first-order valence-corrected chi connectivity index (χ1v) is 8.00. The van der Waals surface area contributed by atoms with Gasteiger partial charge in [0.05, 0.1) is 0 Å². The van der Waals surface area contributed by atoms with Crippen molar-refractivity contribution in [3.63, 3.8) is 0 Å². The third-order valence-electron chi connectivity index (χ3n) is 4.90. The van der Waals surface area contributed by atoms with Crippen LogP contribution in [0.15, 0.2) is 0 Å². The summed E-state index contributed by atoms with van der Waals surface area (Å²) in [6.45, 7) is 15.5. The van der Waals surface area contributed by atoms with Crippen LogP contribution in [0.5, 0.6) is 0 Å². The van der Waals surface area contributed by atoms with Gasteiger partial charge in [-0.15, -0.1) is 0 Å². The lowest BCUT2D eigenvalue weighted by Gasteiger charge is -2.22. The molecule has 1 atom stereocenters. The van der Waals surface area contributed by atoms with E-state index in [0.717, 1.165) is 31.7 Å². The van der Waals surface area contributed by atoms with Crippen molar-refractivity contribution in [1.29, 1.82) is 0 Å². The van der Waals surface area contributed by atoms with Gasteiger partial charge in [0.15, 0.2) is 0 Å². The number of carbonyl (C=O) groups is 1. The fourth-order valence-corrected chi connectivity index (χ4v) is 3.35. The van der Waals surface area contributed by atoms with Gasteiger partial charge in [-0.1, -0.05) is 13.8 Å². The van der Waals surface area contributed by atoms with Crippen LogP contribution in [-0.4, -0.2) is 28.8 Å². The van der Waals surface area contributed by atoms with Gasteiger partial charge in [0.25, 0.3) is 0 Å². The smallest absolute Gasteiger partial charge is 0.134 e. The number of aromatic nitrogens is 1. The molecule has 0 aliphatic carbocycles. The molecule has 21 heavy (non-hydrogen) atoms. The molecule has 0 unspecified atom stereocenters. The molecule has 3 heteroatoms. The van der Waals surface area contributed by atoms with Crippen LogP contribution in [0.2, 0.25) is 0 Å². The average Bonchev–Trinajstić information content (AvgIpc) is 2.87.